The molecule has 4 nitrogen and oxygen atoms in total. The van der Waals surface area contributed by atoms with Crippen LogP contribution in [0.5, 0.6) is 0 Å². The number of rotatable bonds is 7. The molecule has 0 amide bonds. The summed E-state index contributed by atoms with van der Waals surface area (Å²) in [6, 6.07) is 11.5. The van der Waals surface area contributed by atoms with Crippen molar-refractivity contribution >= 4 is 41.5 Å². The highest BCUT2D eigenvalue weighted by Crippen LogP contribution is 2.10. The molecule has 23 heavy (non-hydrogen) atoms. The van der Waals surface area contributed by atoms with Gasteiger partial charge in [0.2, 0.25) is 0 Å². The van der Waals surface area contributed by atoms with Gasteiger partial charge in [0.25, 0.3) is 0 Å². The fourth-order valence-corrected chi connectivity index (χ4v) is 1.99. The van der Waals surface area contributed by atoms with Gasteiger partial charge < -0.3 is 15.1 Å². The van der Waals surface area contributed by atoms with Crippen molar-refractivity contribution in [2.45, 2.75) is 13.0 Å². The summed E-state index contributed by atoms with van der Waals surface area (Å²) in [6.45, 7) is 5.70. The zero-order valence-corrected chi connectivity index (χ0v) is 15.9. The Balaban J connectivity index is 0.00000264. The molecule has 0 bridgehead atoms. The fraction of sp³-hybridized carbons (Fsp3) is 0.235. The van der Waals surface area contributed by atoms with Crippen LogP contribution in [0.3, 0.4) is 0 Å². The third-order valence-electron chi connectivity index (χ3n) is 2.99. The number of hydrogen-bond acceptors (Lipinski definition) is 2. The van der Waals surface area contributed by atoms with E-state index < -0.39 is 0 Å². The number of nitrogens with zero attached hydrogens (tertiary/aromatic N) is 1. The Hall–Kier alpha value is -1.47. The van der Waals surface area contributed by atoms with E-state index in [2.05, 4.69) is 22.2 Å². The fourth-order valence-electron chi connectivity index (χ4n) is 1.86. The Bertz CT molecular complexity index is 597. The van der Waals surface area contributed by atoms with Crippen LogP contribution in [0.1, 0.15) is 11.3 Å². The van der Waals surface area contributed by atoms with E-state index in [0.717, 1.165) is 35.3 Å². The molecule has 1 aromatic carbocycles. The monoisotopic (exact) mass is 445 g/mol. The number of benzene rings is 1. The Morgan fingerprint density at radius 1 is 1.22 bits per heavy atom. The Kier molecular flexibility index (Phi) is 9.47. The maximum Gasteiger partial charge on any atom is 0.191 e. The van der Waals surface area contributed by atoms with Crippen molar-refractivity contribution in [2.24, 2.45) is 4.99 Å². The predicted molar refractivity (Wildman–Crippen MR) is 107 cm³/mol. The van der Waals surface area contributed by atoms with Crippen molar-refractivity contribution in [3.63, 3.8) is 0 Å². The summed E-state index contributed by atoms with van der Waals surface area (Å²) in [5.74, 6) is 1.70. The molecule has 2 rings (SSSR count). The number of guanidine groups is 1. The first-order valence-electron chi connectivity index (χ1n) is 7.18. The molecule has 0 saturated carbocycles. The molecule has 0 spiro atoms. The minimum atomic E-state index is 0. The lowest BCUT2D eigenvalue weighted by Crippen LogP contribution is -2.38. The van der Waals surface area contributed by atoms with Gasteiger partial charge >= 0.3 is 0 Å². The molecule has 0 fully saturated rings. The summed E-state index contributed by atoms with van der Waals surface area (Å²) in [6.07, 6.45) is 4.29. The minimum absolute atomic E-state index is 0. The van der Waals surface area contributed by atoms with Crippen LogP contribution >= 0.6 is 35.6 Å². The normalized spacial score (nSPS) is 10.7. The van der Waals surface area contributed by atoms with Crippen molar-refractivity contribution < 1.29 is 4.42 Å². The van der Waals surface area contributed by atoms with Gasteiger partial charge in [0.1, 0.15) is 5.76 Å². The number of halogens is 2. The van der Waals surface area contributed by atoms with Crippen LogP contribution < -0.4 is 10.6 Å². The van der Waals surface area contributed by atoms with Crippen molar-refractivity contribution in [2.75, 3.05) is 13.1 Å². The van der Waals surface area contributed by atoms with E-state index in [-0.39, 0.29) is 24.0 Å². The van der Waals surface area contributed by atoms with Gasteiger partial charge in [0.15, 0.2) is 5.96 Å². The molecule has 0 radical (unpaired) electrons. The highest BCUT2D eigenvalue weighted by molar-refractivity contribution is 14.0. The summed E-state index contributed by atoms with van der Waals surface area (Å²) in [7, 11) is 0. The summed E-state index contributed by atoms with van der Waals surface area (Å²) < 4.78 is 5.31. The molecule has 0 atom stereocenters. The largest absolute Gasteiger partial charge is 0.469 e. The molecule has 0 aliphatic heterocycles. The van der Waals surface area contributed by atoms with Crippen molar-refractivity contribution in [1.82, 2.24) is 10.6 Å². The van der Waals surface area contributed by atoms with Crippen molar-refractivity contribution in [1.29, 1.82) is 0 Å². The maximum absolute atomic E-state index is 5.88. The first kappa shape index (κ1) is 19.6. The lowest BCUT2D eigenvalue weighted by molar-refractivity contribution is 0.507. The third-order valence-corrected chi connectivity index (χ3v) is 3.24. The van der Waals surface area contributed by atoms with Crippen LogP contribution in [-0.2, 0) is 13.0 Å². The van der Waals surface area contributed by atoms with Crippen LogP contribution in [0.4, 0.5) is 0 Å². The smallest absolute Gasteiger partial charge is 0.191 e. The van der Waals surface area contributed by atoms with Gasteiger partial charge in [-0.05, 0) is 29.8 Å². The Morgan fingerprint density at radius 2 is 2.00 bits per heavy atom. The Morgan fingerprint density at radius 3 is 2.65 bits per heavy atom. The molecule has 6 heteroatoms. The summed E-state index contributed by atoms with van der Waals surface area (Å²) in [5, 5.41) is 7.21. The number of furan rings is 1. The highest BCUT2D eigenvalue weighted by Gasteiger charge is 2.00. The van der Waals surface area contributed by atoms with Gasteiger partial charge in [-0.1, -0.05) is 29.8 Å². The quantitative estimate of drug-likeness (QED) is 0.293. The zero-order chi connectivity index (χ0) is 15.6. The first-order chi connectivity index (χ1) is 10.8. The van der Waals surface area contributed by atoms with E-state index in [0.29, 0.717) is 13.1 Å². The van der Waals surface area contributed by atoms with Gasteiger partial charge in [-0.15, -0.1) is 30.6 Å². The average molecular weight is 446 g/mol. The molecule has 2 N–H and O–H groups in total. The second-order valence-electron chi connectivity index (χ2n) is 4.72. The molecule has 0 aliphatic rings. The van der Waals surface area contributed by atoms with E-state index in [4.69, 9.17) is 16.0 Å². The lowest BCUT2D eigenvalue weighted by atomic mass is 10.2. The second kappa shape index (κ2) is 11.1. The molecule has 0 saturated heterocycles. The highest BCUT2D eigenvalue weighted by atomic mass is 127. The molecule has 124 valence electrons. The van der Waals surface area contributed by atoms with Crippen LogP contribution in [0.25, 0.3) is 0 Å². The first-order valence-corrected chi connectivity index (χ1v) is 7.55. The molecule has 0 unspecified atom stereocenters. The van der Waals surface area contributed by atoms with E-state index in [9.17, 15) is 0 Å². The molecular formula is C17H21ClIN3O. The van der Waals surface area contributed by atoms with Crippen molar-refractivity contribution in [3.8, 4) is 0 Å². The molecule has 2 aromatic rings. The topological polar surface area (TPSA) is 49.6 Å². The van der Waals surface area contributed by atoms with E-state index in [1.54, 1.807) is 12.3 Å². The van der Waals surface area contributed by atoms with E-state index in [1.807, 2.05) is 36.4 Å². The predicted octanol–water partition coefficient (Wildman–Crippen LogP) is 4.01. The van der Waals surface area contributed by atoms with Crippen LogP contribution in [0.2, 0.25) is 5.02 Å². The maximum atomic E-state index is 5.88. The number of hydrogen-bond donors (Lipinski definition) is 2. The van der Waals surface area contributed by atoms with Gasteiger partial charge in [-0.25, -0.2) is 4.99 Å². The second-order valence-corrected chi connectivity index (χ2v) is 5.15. The summed E-state index contributed by atoms with van der Waals surface area (Å²) in [4.78, 5) is 4.55. The Labute approximate surface area is 159 Å². The molecule has 0 aliphatic carbocycles. The van der Waals surface area contributed by atoms with E-state index >= 15 is 0 Å². The molecular weight excluding hydrogens is 425 g/mol. The van der Waals surface area contributed by atoms with Crippen molar-refractivity contribution in [3.05, 3.63) is 71.7 Å². The van der Waals surface area contributed by atoms with Crippen LogP contribution in [-0.4, -0.2) is 19.0 Å². The van der Waals surface area contributed by atoms with Gasteiger partial charge in [0, 0.05) is 24.5 Å². The summed E-state index contributed by atoms with van der Waals surface area (Å²) in [5.41, 5.74) is 1.11. The molecule has 1 heterocycles. The number of aliphatic imine (C=N–C) groups is 1. The zero-order valence-electron chi connectivity index (χ0n) is 12.8. The SMILES string of the molecule is C=CCNC(=NCc1ccc(Cl)cc1)NCCc1ccco1.I. The van der Waals surface area contributed by atoms with Crippen LogP contribution in [0.15, 0.2) is 64.7 Å². The average Bonchev–Trinajstić information content (AvgIpc) is 3.04. The van der Waals surface area contributed by atoms with Gasteiger partial charge in [0.05, 0.1) is 12.8 Å². The molecule has 1 aromatic heterocycles. The third kappa shape index (κ3) is 7.56. The van der Waals surface area contributed by atoms with Gasteiger partial charge in [-0.3, -0.25) is 0 Å². The standard InChI is InChI=1S/C17H20ClN3O.HI/c1-2-10-19-17(20-11-9-16-4-3-12-22-16)21-13-14-5-7-15(18)8-6-14;/h2-8,12H,1,9-11,13H2,(H2,19,20,21);1H. The van der Waals surface area contributed by atoms with E-state index in [1.165, 1.54) is 0 Å². The van der Waals surface area contributed by atoms with Crippen LogP contribution in [0, 0.1) is 0 Å². The van der Waals surface area contributed by atoms with Gasteiger partial charge in [-0.2, -0.15) is 0 Å². The summed E-state index contributed by atoms with van der Waals surface area (Å²) >= 11 is 5.88. The number of nitrogens with one attached hydrogen (secondary N) is 2. The lowest BCUT2D eigenvalue weighted by Gasteiger charge is -2.11. The minimum Gasteiger partial charge on any atom is -0.469 e.